The molecule has 4 nitrogen and oxygen atoms in total. The normalized spacial score (nSPS) is 17.1. The number of hydrogen-bond donors (Lipinski definition) is 0. The lowest BCUT2D eigenvalue weighted by Crippen LogP contribution is -2.48. The van der Waals surface area contributed by atoms with Crippen LogP contribution in [0.1, 0.15) is 5.56 Å². The van der Waals surface area contributed by atoms with Crippen LogP contribution in [0.15, 0.2) is 53.4 Å². The highest BCUT2D eigenvalue weighted by Gasteiger charge is 2.28. The van der Waals surface area contributed by atoms with Crippen LogP contribution in [0.3, 0.4) is 0 Å². The van der Waals surface area contributed by atoms with Crippen molar-refractivity contribution in [2.45, 2.75) is 11.4 Å². The van der Waals surface area contributed by atoms with Crippen LogP contribution < -0.4 is 0 Å². The van der Waals surface area contributed by atoms with Gasteiger partial charge in [-0.3, -0.25) is 4.90 Å². The molecule has 2 aromatic rings. The monoisotopic (exact) mass is 368 g/mol. The molecule has 1 fully saturated rings. The van der Waals surface area contributed by atoms with E-state index in [4.69, 9.17) is 11.6 Å². The summed E-state index contributed by atoms with van der Waals surface area (Å²) < 4.78 is 40.4. The van der Waals surface area contributed by atoms with Crippen LogP contribution >= 0.6 is 11.6 Å². The Hall–Kier alpha value is -1.47. The van der Waals surface area contributed by atoms with Gasteiger partial charge in [0.05, 0.1) is 4.90 Å². The fourth-order valence-electron chi connectivity index (χ4n) is 2.75. The van der Waals surface area contributed by atoms with Crippen molar-refractivity contribution in [3.63, 3.8) is 0 Å². The number of piperazine rings is 1. The van der Waals surface area contributed by atoms with E-state index in [9.17, 15) is 12.8 Å². The molecule has 128 valence electrons. The van der Waals surface area contributed by atoms with Crippen LogP contribution in [0, 0.1) is 5.82 Å². The van der Waals surface area contributed by atoms with Crippen molar-refractivity contribution in [2.24, 2.45) is 0 Å². The molecule has 0 bridgehead atoms. The Kier molecular flexibility index (Phi) is 5.20. The number of halogens is 2. The molecule has 7 heteroatoms. The smallest absolute Gasteiger partial charge is 0.243 e. The minimum absolute atomic E-state index is 0.228. The Morgan fingerprint density at radius 1 is 0.958 bits per heavy atom. The van der Waals surface area contributed by atoms with E-state index in [0.29, 0.717) is 43.3 Å². The van der Waals surface area contributed by atoms with Gasteiger partial charge in [-0.05, 0) is 30.3 Å². The minimum Gasteiger partial charge on any atom is -0.296 e. The number of nitrogens with zero attached hydrogens (tertiary/aromatic N) is 2. The molecule has 0 aromatic heterocycles. The Morgan fingerprint density at radius 2 is 1.58 bits per heavy atom. The van der Waals surface area contributed by atoms with Gasteiger partial charge in [-0.1, -0.05) is 29.8 Å². The third-order valence-corrected chi connectivity index (χ3v) is 6.30. The molecule has 0 atom stereocenters. The summed E-state index contributed by atoms with van der Waals surface area (Å²) in [4.78, 5) is 2.31. The summed E-state index contributed by atoms with van der Waals surface area (Å²) >= 11 is 5.81. The van der Waals surface area contributed by atoms with E-state index < -0.39 is 10.0 Å². The molecular weight excluding hydrogens is 351 g/mol. The molecule has 0 unspecified atom stereocenters. The van der Waals surface area contributed by atoms with Gasteiger partial charge in [-0.15, -0.1) is 0 Å². The van der Waals surface area contributed by atoms with Crippen molar-refractivity contribution in [3.05, 3.63) is 64.9 Å². The summed E-state index contributed by atoms with van der Waals surface area (Å²) in [5.74, 6) is -0.228. The minimum atomic E-state index is -3.51. The standard InChI is InChI=1S/C17H18ClFN2O2S/c18-15-5-7-16(8-6-15)24(22,23)21-11-9-20(10-12-21)13-14-3-1-2-4-17(14)19/h1-8H,9-13H2. The van der Waals surface area contributed by atoms with Gasteiger partial charge in [0.25, 0.3) is 0 Å². The van der Waals surface area contributed by atoms with Crippen molar-refractivity contribution in [3.8, 4) is 0 Å². The lowest BCUT2D eigenvalue weighted by Gasteiger charge is -2.34. The van der Waals surface area contributed by atoms with Crippen molar-refractivity contribution in [1.29, 1.82) is 0 Å². The molecule has 3 rings (SSSR count). The van der Waals surface area contributed by atoms with E-state index in [1.807, 2.05) is 0 Å². The fourth-order valence-corrected chi connectivity index (χ4v) is 4.30. The zero-order valence-corrected chi connectivity index (χ0v) is 14.6. The van der Waals surface area contributed by atoms with Crippen LogP contribution in [-0.2, 0) is 16.6 Å². The van der Waals surface area contributed by atoms with Gasteiger partial charge in [0.15, 0.2) is 0 Å². The van der Waals surface area contributed by atoms with Crippen LogP contribution in [0.4, 0.5) is 4.39 Å². The summed E-state index contributed by atoms with van der Waals surface area (Å²) in [6.45, 7) is 2.41. The molecule has 1 saturated heterocycles. The number of rotatable bonds is 4. The van der Waals surface area contributed by atoms with Gasteiger partial charge in [0.1, 0.15) is 5.82 Å². The highest BCUT2D eigenvalue weighted by molar-refractivity contribution is 7.89. The molecule has 24 heavy (non-hydrogen) atoms. The Bertz CT molecular complexity index is 804. The Labute approximate surface area is 146 Å². The zero-order chi connectivity index (χ0) is 17.2. The molecule has 0 radical (unpaired) electrons. The van der Waals surface area contributed by atoms with E-state index in [0.717, 1.165) is 0 Å². The third-order valence-electron chi connectivity index (χ3n) is 4.13. The summed E-state index contributed by atoms with van der Waals surface area (Å²) in [5, 5.41) is 0.503. The molecule has 1 aliphatic heterocycles. The van der Waals surface area contributed by atoms with Gasteiger partial charge < -0.3 is 0 Å². The first kappa shape index (κ1) is 17.4. The second-order valence-electron chi connectivity index (χ2n) is 5.73. The second-order valence-corrected chi connectivity index (χ2v) is 8.10. The lowest BCUT2D eigenvalue weighted by atomic mass is 10.2. The molecule has 0 N–H and O–H groups in total. The van der Waals surface area contributed by atoms with E-state index >= 15 is 0 Å². The first-order chi connectivity index (χ1) is 11.5. The van der Waals surface area contributed by atoms with E-state index in [1.165, 1.54) is 22.5 Å². The molecule has 0 spiro atoms. The molecule has 1 heterocycles. The summed E-state index contributed by atoms with van der Waals surface area (Å²) in [6.07, 6.45) is 0. The average Bonchev–Trinajstić information content (AvgIpc) is 2.58. The van der Waals surface area contributed by atoms with Crippen molar-refractivity contribution in [2.75, 3.05) is 26.2 Å². The van der Waals surface area contributed by atoms with Crippen molar-refractivity contribution < 1.29 is 12.8 Å². The maximum atomic E-state index is 13.7. The summed E-state index contributed by atoms with van der Waals surface area (Å²) in [7, 11) is -3.51. The molecule has 0 aliphatic carbocycles. The first-order valence-electron chi connectivity index (χ1n) is 7.68. The van der Waals surface area contributed by atoms with E-state index in [1.54, 1.807) is 30.3 Å². The molecular formula is C17H18ClFN2O2S. The number of benzene rings is 2. The molecule has 1 aliphatic rings. The fraction of sp³-hybridized carbons (Fsp3) is 0.294. The predicted molar refractivity (Wildman–Crippen MR) is 91.9 cm³/mol. The van der Waals surface area contributed by atoms with Crippen LogP contribution in [0.25, 0.3) is 0 Å². The maximum absolute atomic E-state index is 13.7. The van der Waals surface area contributed by atoms with Crippen LogP contribution in [0.2, 0.25) is 5.02 Å². The second kappa shape index (κ2) is 7.19. The third kappa shape index (κ3) is 3.78. The SMILES string of the molecule is O=S(=O)(c1ccc(Cl)cc1)N1CCN(Cc2ccccc2F)CC1. The van der Waals surface area contributed by atoms with Crippen molar-refractivity contribution in [1.82, 2.24) is 9.21 Å². The van der Waals surface area contributed by atoms with Gasteiger partial charge >= 0.3 is 0 Å². The highest BCUT2D eigenvalue weighted by Crippen LogP contribution is 2.20. The zero-order valence-electron chi connectivity index (χ0n) is 13.0. The molecule has 2 aromatic carbocycles. The molecule has 0 amide bonds. The largest absolute Gasteiger partial charge is 0.296 e. The average molecular weight is 369 g/mol. The van der Waals surface area contributed by atoms with Crippen LogP contribution in [-0.4, -0.2) is 43.8 Å². The van der Waals surface area contributed by atoms with E-state index in [2.05, 4.69) is 4.90 Å². The van der Waals surface area contributed by atoms with Gasteiger partial charge in [0, 0.05) is 43.3 Å². The Morgan fingerprint density at radius 3 is 2.21 bits per heavy atom. The van der Waals surface area contributed by atoms with Gasteiger partial charge in [-0.25, -0.2) is 12.8 Å². The quantitative estimate of drug-likeness (QED) is 0.833. The summed E-state index contributed by atoms with van der Waals surface area (Å²) in [6, 6.07) is 12.8. The van der Waals surface area contributed by atoms with Gasteiger partial charge in [0.2, 0.25) is 10.0 Å². The summed E-state index contributed by atoms with van der Waals surface area (Å²) in [5.41, 5.74) is 0.631. The Balaban J connectivity index is 1.64. The molecule has 0 saturated carbocycles. The maximum Gasteiger partial charge on any atom is 0.243 e. The van der Waals surface area contributed by atoms with Crippen molar-refractivity contribution >= 4 is 21.6 Å². The van der Waals surface area contributed by atoms with E-state index in [-0.39, 0.29) is 10.7 Å². The highest BCUT2D eigenvalue weighted by atomic mass is 35.5. The predicted octanol–water partition coefficient (Wildman–Crippen LogP) is 2.99. The number of sulfonamides is 1. The van der Waals surface area contributed by atoms with Crippen LogP contribution in [0.5, 0.6) is 0 Å². The topological polar surface area (TPSA) is 40.6 Å². The lowest BCUT2D eigenvalue weighted by molar-refractivity contribution is 0.180. The first-order valence-corrected chi connectivity index (χ1v) is 9.50. The number of hydrogen-bond acceptors (Lipinski definition) is 3. The van der Waals surface area contributed by atoms with Gasteiger partial charge in [-0.2, -0.15) is 4.31 Å².